The van der Waals surface area contributed by atoms with Gasteiger partial charge in [0.05, 0.1) is 12.7 Å². The lowest BCUT2D eigenvalue weighted by Crippen LogP contribution is -2.43. The Labute approximate surface area is 171 Å². The third kappa shape index (κ3) is 3.41. The maximum Gasteiger partial charge on any atom is 0.219 e. The summed E-state index contributed by atoms with van der Waals surface area (Å²) in [6, 6.07) is 6.44. The number of hydrogen-bond donors (Lipinski definition) is 2. The Morgan fingerprint density at radius 3 is 2.76 bits per heavy atom. The molecule has 0 bridgehead atoms. The van der Waals surface area contributed by atoms with Crippen molar-refractivity contribution in [2.24, 2.45) is 7.05 Å². The molecule has 7 nitrogen and oxygen atoms in total. The molecule has 0 saturated carbocycles. The van der Waals surface area contributed by atoms with E-state index in [9.17, 15) is 4.79 Å². The number of amidine groups is 1. The number of anilines is 1. The highest BCUT2D eigenvalue weighted by Gasteiger charge is 2.32. The van der Waals surface area contributed by atoms with E-state index in [1.807, 2.05) is 36.1 Å². The summed E-state index contributed by atoms with van der Waals surface area (Å²) in [6.45, 7) is 5.75. The topological polar surface area (TPSA) is 77.2 Å². The van der Waals surface area contributed by atoms with Crippen LogP contribution in [0.2, 0.25) is 0 Å². The molecule has 7 heteroatoms. The minimum Gasteiger partial charge on any atom is -0.391 e. The molecule has 0 unspecified atom stereocenters. The van der Waals surface area contributed by atoms with Gasteiger partial charge in [0.25, 0.3) is 0 Å². The number of aromatic nitrogens is 2. The van der Waals surface area contributed by atoms with Crippen molar-refractivity contribution in [3.05, 3.63) is 47.4 Å². The lowest BCUT2D eigenvalue weighted by Gasteiger charge is -2.33. The van der Waals surface area contributed by atoms with Crippen LogP contribution < -0.4 is 10.2 Å². The van der Waals surface area contributed by atoms with Crippen molar-refractivity contribution in [3.63, 3.8) is 0 Å². The van der Waals surface area contributed by atoms with Gasteiger partial charge in [-0.05, 0) is 23.3 Å². The fraction of sp³-hybridized carbons (Fsp3) is 0.409. The summed E-state index contributed by atoms with van der Waals surface area (Å²) in [5.41, 5.74) is 6.54. The van der Waals surface area contributed by atoms with Gasteiger partial charge in [0, 0.05) is 75.2 Å². The lowest BCUT2D eigenvalue weighted by atomic mass is 9.99. The summed E-state index contributed by atoms with van der Waals surface area (Å²) in [7, 11) is 3.82. The smallest absolute Gasteiger partial charge is 0.219 e. The Balaban J connectivity index is 1.66. The summed E-state index contributed by atoms with van der Waals surface area (Å²) in [6.07, 6.45) is 4.65. The zero-order valence-electron chi connectivity index (χ0n) is 17.5. The van der Waals surface area contributed by atoms with Gasteiger partial charge in [0.15, 0.2) is 0 Å². The minimum atomic E-state index is 0.0572. The molecule has 2 aromatic rings. The zero-order valence-corrected chi connectivity index (χ0v) is 17.5. The van der Waals surface area contributed by atoms with Crippen LogP contribution in [0.3, 0.4) is 0 Å². The fourth-order valence-electron chi connectivity index (χ4n) is 4.32. The van der Waals surface area contributed by atoms with Gasteiger partial charge in [-0.3, -0.25) is 14.9 Å². The van der Waals surface area contributed by atoms with Crippen molar-refractivity contribution >= 4 is 17.4 Å². The molecule has 2 N–H and O–H groups in total. The van der Waals surface area contributed by atoms with E-state index in [2.05, 4.69) is 40.4 Å². The van der Waals surface area contributed by atoms with Gasteiger partial charge in [0.1, 0.15) is 5.84 Å². The highest BCUT2D eigenvalue weighted by atomic mass is 16.2. The van der Waals surface area contributed by atoms with Crippen LogP contribution in [0.1, 0.15) is 31.7 Å². The van der Waals surface area contributed by atoms with Gasteiger partial charge in [-0.15, -0.1) is 0 Å². The maximum atomic E-state index is 11.9. The second-order valence-corrected chi connectivity index (χ2v) is 7.93. The Morgan fingerprint density at radius 2 is 2.10 bits per heavy atom. The third-order valence-corrected chi connectivity index (χ3v) is 5.99. The van der Waals surface area contributed by atoms with Crippen LogP contribution in [0.25, 0.3) is 11.1 Å². The van der Waals surface area contributed by atoms with Crippen molar-refractivity contribution in [1.29, 1.82) is 5.41 Å². The number of carbonyl (C=O) groups excluding carboxylic acids is 1. The van der Waals surface area contributed by atoms with E-state index in [4.69, 9.17) is 5.41 Å². The van der Waals surface area contributed by atoms with Crippen LogP contribution in [-0.2, 0) is 11.8 Å². The van der Waals surface area contributed by atoms with E-state index in [-0.39, 0.29) is 5.91 Å². The first-order valence-electron chi connectivity index (χ1n) is 10.0. The lowest BCUT2D eigenvalue weighted by molar-refractivity contribution is -0.128. The molecule has 152 valence electrons. The van der Waals surface area contributed by atoms with Gasteiger partial charge in [-0.2, -0.15) is 5.10 Å². The highest BCUT2D eigenvalue weighted by Crippen LogP contribution is 2.39. The maximum absolute atomic E-state index is 11.9. The summed E-state index contributed by atoms with van der Waals surface area (Å²) in [4.78, 5) is 15.8. The molecule has 0 radical (unpaired) electrons. The number of amides is 1. The van der Waals surface area contributed by atoms with E-state index >= 15 is 0 Å². The van der Waals surface area contributed by atoms with Crippen LogP contribution in [0.15, 0.2) is 41.9 Å². The second-order valence-electron chi connectivity index (χ2n) is 7.93. The Bertz CT molecular complexity index is 1000. The molecule has 1 aromatic carbocycles. The quantitative estimate of drug-likeness (QED) is 0.622. The summed E-state index contributed by atoms with van der Waals surface area (Å²) in [5.74, 6) is 0.870. The minimum absolute atomic E-state index is 0.0572. The summed E-state index contributed by atoms with van der Waals surface area (Å²) in [5, 5.41) is 16.5. The number of nitrogens with one attached hydrogen (secondary N) is 2. The standard InChI is InChI=1S/C22H28N6O/c1-14-11-28(22(23)19-13-27(15(2)29)8-7-20(19)24-3)21-6-5-16(9-18(14)21)17-10-25-26(4)12-17/h5-6,9-10,12,14,23-24H,7-8,11,13H2,1-4H3/t14-/m0/s1. The Kier molecular flexibility index (Phi) is 4.90. The molecular formula is C22H28N6O. The van der Waals surface area contributed by atoms with Crippen molar-refractivity contribution < 1.29 is 4.79 Å². The predicted octanol–water partition coefficient (Wildman–Crippen LogP) is 2.71. The van der Waals surface area contributed by atoms with Crippen LogP contribution in [-0.4, -0.2) is 53.1 Å². The molecule has 1 atom stereocenters. The molecule has 2 aliphatic heterocycles. The van der Waals surface area contributed by atoms with E-state index in [0.29, 0.717) is 24.8 Å². The predicted molar refractivity (Wildman–Crippen MR) is 115 cm³/mol. The first-order valence-corrected chi connectivity index (χ1v) is 10.0. The van der Waals surface area contributed by atoms with Crippen LogP contribution >= 0.6 is 0 Å². The Hall–Kier alpha value is -3.09. The van der Waals surface area contributed by atoms with E-state index in [1.165, 1.54) is 5.56 Å². The monoisotopic (exact) mass is 392 g/mol. The second kappa shape index (κ2) is 7.39. The number of carbonyl (C=O) groups is 1. The van der Waals surface area contributed by atoms with Gasteiger partial charge in [0.2, 0.25) is 5.91 Å². The highest BCUT2D eigenvalue weighted by molar-refractivity contribution is 6.10. The SMILES string of the molecule is CNC1=C(C(=N)N2C[C@H](C)c3cc(-c4cnn(C)c4)ccc32)CN(C(C)=O)CC1. The van der Waals surface area contributed by atoms with Gasteiger partial charge < -0.3 is 15.1 Å². The molecule has 0 fully saturated rings. The molecule has 3 heterocycles. The molecule has 1 aromatic heterocycles. The summed E-state index contributed by atoms with van der Waals surface area (Å²) < 4.78 is 1.81. The molecule has 1 amide bonds. The average molecular weight is 393 g/mol. The zero-order chi connectivity index (χ0) is 20.7. The van der Waals surface area contributed by atoms with Gasteiger partial charge in [-0.25, -0.2) is 0 Å². The number of aryl methyl sites for hydroxylation is 1. The molecule has 4 rings (SSSR count). The summed E-state index contributed by atoms with van der Waals surface area (Å²) >= 11 is 0. The molecule has 0 spiro atoms. The fourth-order valence-corrected chi connectivity index (χ4v) is 4.32. The number of nitrogens with zero attached hydrogens (tertiary/aromatic N) is 4. The van der Waals surface area contributed by atoms with Crippen molar-refractivity contribution in [2.75, 3.05) is 31.6 Å². The first-order chi connectivity index (χ1) is 13.9. The van der Waals surface area contributed by atoms with Crippen molar-refractivity contribution in [3.8, 4) is 11.1 Å². The molecule has 2 aliphatic rings. The van der Waals surface area contributed by atoms with Gasteiger partial charge >= 0.3 is 0 Å². The van der Waals surface area contributed by atoms with E-state index in [1.54, 1.807) is 6.92 Å². The van der Waals surface area contributed by atoms with E-state index in [0.717, 1.165) is 41.1 Å². The molecule has 29 heavy (non-hydrogen) atoms. The first kappa shape index (κ1) is 19.2. The van der Waals surface area contributed by atoms with Crippen molar-refractivity contribution in [1.82, 2.24) is 20.0 Å². The van der Waals surface area contributed by atoms with Crippen LogP contribution in [0, 0.1) is 5.41 Å². The molecule has 0 aliphatic carbocycles. The number of benzene rings is 1. The number of hydrogen-bond acceptors (Lipinski definition) is 4. The normalized spacial score (nSPS) is 18.8. The number of rotatable bonds is 3. The third-order valence-electron chi connectivity index (χ3n) is 5.99. The largest absolute Gasteiger partial charge is 0.391 e. The van der Waals surface area contributed by atoms with Crippen molar-refractivity contribution in [2.45, 2.75) is 26.2 Å². The van der Waals surface area contributed by atoms with Crippen LogP contribution in [0.4, 0.5) is 5.69 Å². The van der Waals surface area contributed by atoms with Gasteiger partial charge in [-0.1, -0.05) is 13.0 Å². The van der Waals surface area contributed by atoms with E-state index < -0.39 is 0 Å². The average Bonchev–Trinajstić information content (AvgIpc) is 3.30. The van der Waals surface area contributed by atoms with Crippen LogP contribution in [0.5, 0.6) is 0 Å². The molecule has 0 saturated heterocycles. The Morgan fingerprint density at radius 1 is 1.31 bits per heavy atom. The number of fused-ring (bicyclic) bond motifs is 1. The molecular weight excluding hydrogens is 364 g/mol.